The molecule has 0 aliphatic heterocycles. The number of rotatable bonds is 4. The van der Waals surface area contributed by atoms with Gasteiger partial charge in [-0.25, -0.2) is 0 Å². The van der Waals surface area contributed by atoms with E-state index in [-0.39, 0.29) is 11.8 Å². The van der Waals surface area contributed by atoms with Crippen molar-refractivity contribution >= 4 is 23.2 Å². The first kappa shape index (κ1) is 15.3. The zero-order chi connectivity index (χ0) is 16.4. The minimum Gasteiger partial charge on any atom is -0.325 e. The summed E-state index contributed by atoms with van der Waals surface area (Å²) < 4.78 is 0. The maximum absolute atomic E-state index is 12.6. The maximum atomic E-state index is 12.6. The highest BCUT2D eigenvalue weighted by Gasteiger charge is 2.56. The maximum Gasteiger partial charge on any atom is 0.240 e. The molecule has 1 saturated carbocycles. The molecule has 2 N–H and O–H groups in total. The number of nitrogens with one attached hydrogen (secondary N) is 2. The first-order valence-corrected chi connectivity index (χ1v) is 7.76. The third kappa shape index (κ3) is 3.11. The van der Waals surface area contributed by atoms with Crippen molar-refractivity contribution in [3.63, 3.8) is 0 Å². The number of amides is 2. The van der Waals surface area contributed by atoms with Gasteiger partial charge in [0.1, 0.15) is 5.41 Å². The predicted molar refractivity (Wildman–Crippen MR) is 91.3 cm³/mol. The second-order valence-electron chi connectivity index (χ2n) is 6.17. The normalized spacial score (nSPS) is 14.9. The molecule has 2 amide bonds. The topological polar surface area (TPSA) is 58.2 Å². The lowest BCUT2D eigenvalue weighted by atomic mass is 10.0. The van der Waals surface area contributed by atoms with Gasteiger partial charge in [-0.3, -0.25) is 9.59 Å². The number of carbonyl (C=O) groups excluding carboxylic acids is 2. The van der Waals surface area contributed by atoms with E-state index < -0.39 is 5.41 Å². The highest BCUT2D eigenvalue weighted by molar-refractivity contribution is 6.17. The molecule has 4 nitrogen and oxygen atoms in total. The highest BCUT2D eigenvalue weighted by atomic mass is 16.2. The largest absolute Gasteiger partial charge is 0.325 e. The van der Waals surface area contributed by atoms with Crippen molar-refractivity contribution in [1.82, 2.24) is 0 Å². The van der Waals surface area contributed by atoms with Crippen LogP contribution in [0.1, 0.15) is 24.0 Å². The molecule has 0 spiro atoms. The van der Waals surface area contributed by atoms with Crippen LogP contribution in [0.2, 0.25) is 0 Å². The molecule has 1 aliphatic rings. The predicted octanol–water partition coefficient (Wildman–Crippen LogP) is 3.66. The molecule has 1 fully saturated rings. The monoisotopic (exact) mass is 308 g/mol. The number of hydrogen-bond donors (Lipinski definition) is 2. The first-order chi connectivity index (χ1) is 11.0. The van der Waals surface area contributed by atoms with Crippen LogP contribution >= 0.6 is 0 Å². The van der Waals surface area contributed by atoms with E-state index in [9.17, 15) is 9.59 Å². The van der Waals surface area contributed by atoms with Crippen molar-refractivity contribution in [2.45, 2.75) is 26.7 Å². The van der Waals surface area contributed by atoms with Crippen LogP contribution in [0.4, 0.5) is 11.4 Å². The van der Waals surface area contributed by atoms with Gasteiger partial charge in [0.25, 0.3) is 0 Å². The van der Waals surface area contributed by atoms with E-state index in [1.165, 1.54) is 0 Å². The second-order valence-corrected chi connectivity index (χ2v) is 6.17. The molecule has 118 valence electrons. The Labute approximate surface area is 135 Å². The van der Waals surface area contributed by atoms with Crippen LogP contribution in [0.3, 0.4) is 0 Å². The zero-order valence-corrected chi connectivity index (χ0v) is 13.3. The fraction of sp³-hybridized carbons (Fsp3) is 0.263. The number of hydrogen-bond acceptors (Lipinski definition) is 2. The van der Waals surface area contributed by atoms with E-state index in [2.05, 4.69) is 10.6 Å². The lowest BCUT2D eigenvalue weighted by molar-refractivity contribution is -0.131. The van der Waals surface area contributed by atoms with Crippen LogP contribution in [0.5, 0.6) is 0 Å². The summed E-state index contributed by atoms with van der Waals surface area (Å²) in [4.78, 5) is 25.1. The van der Waals surface area contributed by atoms with Gasteiger partial charge < -0.3 is 10.6 Å². The fourth-order valence-electron chi connectivity index (χ4n) is 2.61. The van der Waals surface area contributed by atoms with Gasteiger partial charge in [0.05, 0.1) is 0 Å². The molecule has 0 unspecified atom stereocenters. The fourth-order valence-corrected chi connectivity index (χ4v) is 2.61. The Bertz CT molecular complexity index is 763. The van der Waals surface area contributed by atoms with Gasteiger partial charge in [0.15, 0.2) is 0 Å². The summed E-state index contributed by atoms with van der Waals surface area (Å²) in [6.45, 7) is 3.90. The third-order valence-electron chi connectivity index (χ3n) is 4.29. The molecule has 0 atom stereocenters. The van der Waals surface area contributed by atoms with Gasteiger partial charge in [-0.15, -0.1) is 0 Å². The van der Waals surface area contributed by atoms with Gasteiger partial charge >= 0.3 is 0 Å². The number of carbonyl (C=O) groups is 2. The van der Waals surface area contributed by atoms with Crippen molar-refractivity contribution in [2.24, 2.45) is 5.41 Å². The lowest BCUT2D eigenvalue weighted by Gasteiger charge is -2.16. The Morgan fingerprint density at radius 1 is 0.913 bits per heavy atom. The first-order valence-electron chi connectivity index (χ1n) is 7.76. The van der Waals surface area contributed by atoms with Crippen LogP contribution in [0.25, 0.3) is 0 Å². The summed E-state index contributed by atoms with van der Waals surface area (Å²) in [5.74, 6) is -0.453. The molecule has 0 bridgehead atoms. The van der Waals surface area contributed by atoms with Crippen LogP contribution in [-0.4, -0.2) is 11.8 Å². The molecule has 0 aromatic heterocycles. The summed E-state index contributed by atoms with van der Waals surface area (Å²) in [6, 6.07) is 15.2. The van der Waals surface area contributed by atoms with E-state index in [0.29, 0.717) is 12.8 Å². The van der Waals surface area contributed by atoms with E-state index in [4.69, 9.17) is 0 Å². The minimum absolute atomic E-state index is 0.225. The van der Waals surface area contributed by atoms with Crippen LogP contribution in [0, 0.1) is 19.3 Å². The van der Waals surface area contributed by atoms with Gasteiger partial charge in [-0.05, 0) is 56.0 Å². The number of aryl methyl sites for hydroxylation is 2. The van der Waals surface area contributed by atoms with E-state index in [0.717, 1.165) is 22.5 Å². The lowest BCUT2D eigenvalue weighted by Crippen LogP contribution is -2.35. The molecular formula is C19H20N2O2. The van der Waals surface area contributed by atoms with Crippen LogP contribution < -0.4 is 10.6 Å². The molecule has 2 aromatic rings. The second kappa shape index (κ2) is 5.88. The van der Waals surface area contributed by atoms with Gasteiger partial charge in [0, 0.05) is 11.4 Å². The van der Waals surface area contributed by atoms with Crippen molar-refractivity contribution in [1.29, 1.82) is 0 Å². The molecule has 0 radical (unpaired) electrons. The van der Waals surface area contributed by atoms with Crippen LogP contribution in [0.15, 0.2) is 48.5 Å². The third-order valence-corrected chi connectivity index (χ3v) is 4.29. The average Bonchev–Trinajstić information content (AvgIpc) is 3.31. The van der Waals surface area contributed by atoms with Crippen molar-refractivity contribution in [3.05, 3.63) is 59.7 Å². The minimum atomic E-state index is -0.938. The summed E-state index contributed by atoms with van der Waals surface area (Å²) >= 11 is 0. The number of benzene rings is 2. The zero-order valence-electron chi connectivity index (χ0n) is 13.3. The SMILES string of the molecule is Cc1cccc(NC(=O)C2(C(=O)Nc3ccccc3C)CC2)c1. The molecular weight excluding hydrogens is 288 g/mol. The van der Waals surface area contributed by atoms with Crippen molar-refractivity contribution in [3.8, 4) is 0 Å². The average molecular weight is 308 g/mol. The molecule has 23 heavy (non-hydrogen) atoms. The van der Waals surface area contributed by atoms with Gasteiger partial charge in [-0.2, -0.15) is 0 Å². The summed E-state index contributed by atoms with van der Waals surface area (Å²) in [7, 11) is 0. The molecule has 4 heteroatoms. The summed E-state index contributed by atoms with van der Waals surface area (Å²) in [5, 5.41) is 5.76. The highest BCUT2D eigenvalue weighted by Crippen LogP contribution is 2.47. The van der Waals surface area contributed by atoms with E-state index >= 15 is 0 Å². The number of para-hydroxylation sites is 1. The Hall–Kier alpha value is -2.62. The number of anilines is 2. The summed E-state index contributed by atoms with van der Waals surface area (Å²) in [6.07, 6.45) is 1.17. The quantitative estimate of drug-likeness (QED) is 0.847. The van der Waals surface area contributed by atoms with Gasteiger partial charge in [0.2, 0.25) is 11.8 Å². The Kier molecular flexibility index (Phi) is 3.90. The van der Waals surface area contributed by atoms with E-state index in [1.807, 2.05) is 62.4 Å². The van der Waals surface area contributed by atoms with Gasteiger partial charge in [-0.1, -0.05) is 30.3 Å². The molecule has 0 saturated heterocycles. The summed E-state index contributed by atoms with van der Waals surface area (Å²) in [5.41, 5.74) is 2.59. The smallest absolute Gasteiger partial charge is 0.240 e. The standard InChI is InChI=1S/C19H20N2O2/c1-13-6-5-8-15(12-13)20-17(22)19(10-11-19)18(23)21-16-9-4-3-7-14(16)2/h3-9,12H,10-11H2,1-2H3,(H,20,22)(H,21,23). The van der Waals surface area contributed by atoms with Crippen molar-refractivity contribution < 1.29 is 9.59 Å². The Morgan fingerprint density at radius 3 is 2.26 bits per heavy atom. The van der Waals surface area contributed by atoms with Crippen molar-refractivity contribution in [2.75, 3.05) is 10.6 Å². The van der Waals surface area contributed by atoms with Crippen LogP contribution in [-0.2, 0) is 9.59 Å². The molecule has 2 aromatic carbocycles. The molecule has 3 rings (SSSR count). The Morgan fingerprint density at radius 2 is 1.61 bits per heavy atom. The molecule has 1 aliphatic carbocycles. The Balaban J connectivity index is 1.72. The van der Waals surface area contributed by atoms with E-state index in [1.54, 1.807) is 0 Å². The molecule has 0 heterocycles.